The number of ketones is 1. The lowest BCUT2D eigenvalue weighted by atomic mass is 10.1. The monoisotopic (exact) mass is 193 g/mol. The van der Waals surface area contributed by atoms with Gasteiger partial charge in [-0.2, -0.15) is 0 Å². The molecule has 14 heavy (non-hydrogen) atoms. The van der Waals surface area contributed by atoms with E-state index in [1.165, 1.54) is 0 Å². The first-order valence-corrected chi connectivity index (χ1v) is 4.53. The zero-order valence-electron chi connectivity index (χ0n) is 7.68. The highest BCUT2D eigenvalue weighted by atomic mass is 16.7. The molecule has 1 aliphatic heterocycles. The average Bonchev–Trinajstić information content (AvgIpc) is 2.72. The Balaban J connectivity index is 1.95. The van der Waals surface area contributed by atoms with Crippen molar-refractivity contribution in [3.05, 3.63) is 30.1 Å². The lowest BCUT2D eigenvalue weighted by Gasteiger charge is -2.06. The number of rotatable bonds is 3. The van der Waals surface area contributed by atoms with Crippen LogP contribution in [0.15, 0.2) is 24.5 Å². The predicted octanol–water partition coefficient (Wildman–Crippen LogP) is 1.03. The summed E-state index contributed by atoms with van der Waals surface area (Å²) in [6.45, 7) is 1.15. The Hall–Kier alpha value is -1.26. The molecule has 1 fully saturated rings. The van der Waals surface area contributed by atoms with Crippen molar-refractivity contribution >= 4 is 5.78 Å². The van der Waals surface area contributed by atoms with Gasteiger partial charge < -0.3 is 9.47 Å². The van der Waals surface area contributed by atoms with E-state index in [1.54, 1.807) is 24.5 Å². The molecule has 1 aromatic heterocycles. The predicted molar refractivity (Wildman–Crippen MR) is 48.9 cm³/mol. The first kappa shape index (κ1) is 9.30. The highest BCUT2D eigenvalue weighted by molar-refractivity contribution is 5.95. The van der Waals surface area contributed by atoms with Gasteiger partial charge in [0.2, 0.25) is 0 Å². The fourth-order valence-electron chi connectivity index (χ4n) is 1.32. The molecule has 0 unspecified atom stereocenters. The minimum absolute atomic E-state index is 0.00463. The van der Waals surface area contributed by atoms with Crippen LogP contribution in [0.1, 0.15) is 16.8 Å². The molecule has 0 radical (unpaired) electrons. The van der Waals surface area contributed by atoms with Crippen molar-refractivity contribution in [3.63, 3.8) is 0 Å². The number of ether oxygens (including phenoxy) is 2. The van der Waals surface area contributed by atoms with Crippen LogP contribution < -0.4 is 0 Å². The summed E-state index contributed by atoms with van der Waals surface area (Å²) in [5.41, 5.74) is 0.603. The van der Waals surface area contributed by atoms with Crippen molar-refractivity contribution < 1.29 is 14.3 Å². The van der Waals surface area contributed by atoms with Crippen LogP contribution in [0.5, 0.6) is 0 Å². The van der Waals surface area contributed by atoms with Crippen molar-refractivity contribution in [3.8, 4) is 0 Å². The van der Waals surface area contributed by atoms with Gasteiger partial charge >= 0.3 is 0 Å². The van der Waals surface area contributed by atoms with Crippen molar-refractivity contribution in [2.75, 3.05) is 13.2 Å². The number of aromatic nitrogens is 1. The molecule has 0 aromatic carbocycles. The average molecular weight is 193 g/mol. The summed E-state index contributed by atoms with van der Waals surface area (Å²) >= 11 is 0. The highest BCUT2D eigenvalue weighted by Gasteiger charge is 2.20. The van der Waals surface area contributed by atoms with E-state index >= 15 is 0 Å². The van der Waals surface area contributed by atoms with Gasteiger partial charge in [-0.05, 0) is 12.1 Å². The Bertz CT molecular complexity index is 306. The second-order valence-corrected chi connectivity index (χ2v) is 3.04. The summed E-state index contributed by atoms with van der Waals surface area (Å²) < 4.78 is 10.4. The number of nitrogens with zero attached hydrogens (tertiary/aromatic N) is 1. The molecule has 4 heteroatoms. The van der Waals surface area contributed by atoms with Gasteiger partial charge in [0.15, 0.2) is 12.1 Å². The fourth-order valence-corrected chi connectivity index (χ4v) is 1.32. The molecule has 1 aliphatic rings. The second-order valence-electron chi connectivity index (χ2n) is 3.04. The first-order valence-electron chi connectivity index (χ1n) is 4.53. The summed E-state index contributed by atoms with van der Waals surface area (Å²) in [4.78, 5) is 15.5. The SMILES string of the molecule is O=C(CC1OCCO1)c1cccnc1. The highest BCUT2D eigenvalue weighted by Crippen LogP contribution is 2.11. The van der Waals surface area contributed by atoms with Crippen molar-refractivity contribution in [2.45, 2.75) is 12.7 Å². The topological polar surface area (TPSA) is 48.4 Å². The van der Waals surface area contributed by atoms with Crippen molar-refractivity contribution in [1.82, 2.24) is 4.98 Å². The van der Waals surface area contributed by atoms with Crippen LogP contribution in [0.4, 0.5) is 0 Å². The molecule has 1 aromatic rings. The largest absolute Gasteiger partial charge is 0.350 e. The van der Waals surface area contributed by atoms with Crippen molar-refractivity contribution in [2.24, 2.45) is 0 Å². The van der Waals surface area contributed by atoms with Gasteiger partial charge in [-0.25, -0.2) is 0 Å². The van der Waals surface area contributed by atoms with E-state index in [-0.39, 0.29) is 18.5 Å². The minimum Gasteiger partial charge on any atom is -0.350 e. The maximum Gasteiger partial charge on any atom is 0.169 e. The van der Waals surface area contributed by atoms with Crippen LogP contribution in [-0.4, -0.2) is 30.3 Å². The van der Waals surface area contributed by atoms with E-state index in [2.05, 4.69) is 4.98 Å². The van der Waals surface area contributed by atoms with Crippen molar-refractivity contribution in [1.29, 1.82) is 0 Å². The zero-order valence-corrected chi connectivity index (χ0v) is 7.68. The van der Waals surface area contributed by atoms with Crippen LogP contribution >= 0.6 is 0 Å². The third-order valence-corrected chi connectivity index (χ3v) is 2.03. The molecule has 0 bridgehead atoms. The number of carbonyl (C=O) groups excluding carboxylic acids is 1. The van der Waals surface area contributed by atoms with E-state index in [0.29, 0.717) is 18.8 Å². The molecular weight excluding hydrogens is 182 g/mol. The standard InChI is InChI=1S/C10H11NO3/c12-9(6-10-13-4-5-14-10)8-2-1-3-11-7-8/h1-3,7,10H,4-6H2. The van der Waals surface area contributed by atoms with Crippen LogP contribution in [0.25, 0.3) is 0 Å². The van der Waals surface area contributed by atoms with Crippen LogP contribution in [0, 0.1) is 0 Å². The van der Waals surface area contributed by atoms with E-state index in [4.69, 9.17) is 9.47 Å². The lowest BCUT2D eigenvalue weighted by molar-refractivity contribution is -0.0407. The molecule has 2 heterocycles. The summed E-state index contributed by atoms with van der Waals surface area (Å²) in [6.07, 6.45) is 3.09. The Morgan fingerprint density at radius 3 is 2.93 bits per heavy atom. The molecule has 74 valence electrons. The van der Waals surface area contributed by atoms with E-state index < -0.39 is 0 Å². The third kappa shape index (κ3) is 2.16. The van der Waals surface area contributed by atoms with Gasteiger partial charge in [0.1, 0.15) is 0 Å². The first-order chi connectivity index (χ1) is 6.86. The Labute approximate surface area is 81.9 Å². The molecule has 0 spiro atoms. The quantitative estimate of drug-likeness (QED) is 0.672. The number of hydrogen-bond acceptors (Lipinski definition) is 4. The maximum atomic E-state index is 11.6. The van der Waals surface area contributed by atoms with Gasteiger partial charge in [0.25, 0.3) is 0 Å². The second kappa shape index (κ2) is 4.30. The number of pyridine rings is 1. The summed E-state index contributed by atoms with van der Waals surface area (Å²) in [5, 5.41) is 0. The fraction of sp³-hybridized carbons (Fsp3) is 0.400. The maximum absolute atomic E-state index is 11.6. The molecule has 0 N–H and O–H groups in total. The normalized spacial score (nSPS) is 17.1. The Morgan fingerprint density at radius 1 is 1.50 bits per heavy atom. The molecule has 0 atom stereocenters. The van der Waals surface area contributed by atoms with Crippen LogP contribution in [-0.2, 0) is 9.47 Å². The molecule has 4 nitrogen and oxygen atoms in total. The van der Waals surface area contributed by atoms with E-state index in [1.807, 2.05) is 0 Å². The molecule has 0 saturated carbocycles. The molecule has 0 aliphatic carbocycles. The van der Waals surface area contributed by atoms with Gasteiger partial charge in [0.05, 0.1) is 19.6 Å². The van der Waals surface area contributed by atoms with E-state index in [9.17, 15) is 4.79 Å². The Kier molecular flexibility index (Phi) is 2.86. The van der Waals surface area contributed by atoms with Gasteiger partial charge in [-0.1, -0.05) is 0 Å². The summed E-state index contributed by atoms with van der Waals surface area (Å²) in [7, 11) is 0. The molecular formula is C10H11NO3. The Morgan fingerprint density at radius 2 is 2.29 bits per heavy atom. The third-order valence-electron chi connectivity index (χ3n) is 2.03. The summed E-state index contributed by atoms with van der Waals surface area (Å²) in [5.74, 6) is 0.00463. The zero-order chi connectivity index (χ0) is 9.80. The molecule has 1 saturated heterocycles. The number of carbonyl (C=O) groups is 1. The molecule has 0 amide bonds. The number of hydrogen-bond donors (Lipinski definition) is 0. The lowest BCUT2D eigenvalue weighted by Crippen LogP contribution is -2.14. The van der Waals surface area contributed by atoms with Gasteiger partial charge in [0, 0.05) is 18.0 Å². The minimum atomic E-state index is -0.372. The smallest absolute Gasteiger partial charge is 0.169 e. The number of Topliss-reactive ketones (excluding diaryl/α,β-unsaturated/α-hetero) is 1. The van der Waals surface area contributed by atoms with Gasteiger partial charge in [-0.15, -0.1) is 0 Å². The van der Waals surface area contributed by atoms with Crippen LogP contribution in [0.2, 0.25) is 0 Å². The van der Waals surface area contributed by atoms with Crippen LogP contribution in [0.3, 0.4) is 0 Å². The molecule has 2 rings (SSSR count). The van der Waals surface area contributed by atoms with Gasteiger partial charge in [-0.3, -0.25) is 9.78 Å². The van der Waals surface area contributed by atoms with E-state index in [0.717, 1.165) is 0 Å². The summed E-state index contributed by atoms with van der Waals surface area (Å²) in [6, 6.07) is 3.48.